The Morgan fingerprint density at radius 1 is 0.923 bits per heavy atom. The van der Waals surface area contributed by atoms with Crippen LogP contribution < -0.4 is 0 Å². The summed E-state index contributed by atoms with van der Waals surface area (Å²) in [5.74, 6) is 0. The van der Waals surface area contributed by atoms with Crippen LogP contribution in [0.3, 0.4) is 0 Å². The van der Waals surface area contributed by atoms with Crippen molar-refractivity contribution in [3.63, 3.8) is 0 Å². The summed E-state index contributed by atoms with van der Waals surface area (Å²) in [6.45, 7) is 15.9. The Kier molecular flexibility index (Phi) is 2.53. The minimum atomic E-state index is 0.335. The predicted molar refractivity (Wildman–Crippen MR) is 56.8 cm³/mol. The normalized spacial score (nSPS) is 23.5. The highest BCUT2D eigenvalue weighted by molar-refractivity contribution is 5.00. The van der Waals surface area contributed by atoms with Gasteiger partial charge in [-0.25, -0.2) is 0 Å². The molecule has 13 heavy (non-hydrogen) atoms. The second-order valence-corrected chi connectivity index (χ2v) is 6.38. The van der Waals surface area contributed by atoms with E-state index in [1.165, 1.54) is 6.42 Å². The molecular formula is C12H24O. The Labute approximate surface area is 82.9 Å². The van der Waals surface area contributed by atoms with Crippen LogP contribution in [0.5, 0.6) is 0 Å². The molecule has 0 aromatic heterocycles. The molecule has 0 unspecified atom stereocenters. The first kappa shape index (κ1) is 11.0. The van der Waals surface area contributed by atoms with Crippen LogP contribution in [-0.4, -0.2) is 13.2 Å². The summed E-state index contributed by atoms with van der Waals surface area (Å²) >= 11 is 0. The third-order valence-electron chi connectivity index (χ3n) is 3.89. The molecule has 0 atom stereocenters. The predicted octanol–water partition coefficient (Wildman–Crippen LogP) is 3.49. The van der Waals surface area contributed by atoms with E-state index in [-0.39, 0.29) is 0 Å². The smallest absolute Gasteiger partial charge is 0.0533 e. The maximum absolute atomic E-state index is 5.61. The van der Waals surface area contributed by atoms with E-state index in [1.807, 2.05) is 0 Å². The zero-order valence-electron chi connectivity index (χ0n) is 10.0. The minimum absolute atomic E-state index is 0.335. The van der Waals surface area contributed by atoms with Crippen LogP contribution >= 0.6 is 0 Å². The molecule has 0 amide bonds. The Morgan fingerprint density at radius 3 is 1.54 bits per heavy atom. The van der Waals surface area contributed by atoms with Crippen LogP contribution in [0, 0.1) is 16.2 Å². The topological polar surface area (TPSA) is 9.23 Å². The number of hydrogen-bond acceptors (Lipinski definition) is 1. The third-order valence-corrected chi connectivity index (χ3v) is 3.89. The molecule has 1 fully saturated rings. The summed E-state index contributed by atoms with van der Waals surface area (Å²) in [5, 5.41) is 0. The molecule has 1 aliphatic heterocycles. The first-order valence-corrected chi connectivity index (χ1v) is 5.28. The van der Waals surface area contributed by atoms with Gasteiger partial charge in [0.05, 0.1) is 6.61 Å². The zero-order chi connectivity index (χ0) is 10.3. The van der Waals surface area contributed by atoms with Gasteiger partial charge in [-0.1, -0.05) is 41.5 Å². The Hall–Kier alpha value is -0.0400. The van der Waals surface area contributed by atoms with Crippen LogP contribution in [0.15, 0.2) is 0 Å². The van der Waals surface area contributed by atoms with Crippen LogP contribution in [0.1, 0.15) is 48.0 Å². The fourth-order valence-corrected chi connectivity index (χ4v) is 2.87. The lowest BCUT2D eigenvalue weighted by Crippen LogP contribution is -2.46. The molecule has 0 aromatic rings. The highest BCUT2D eigenvalue weighted by Crippen LogP contribution is 2.56. The van der Waals surface area contributed by atoms with Crippen LogP contribution in [0.2, 0.25) is 0 Å². The summed E-state index contributed by atoms with van der Waals surface area (Å²) in [7, 11) is 0. The fraction of sp³-hybridized carbons (Fsp3) is 1.00. The monoisotopic (exact) mass is 184 g/mol. The molecule has 1 aliphatic rings. The van der Waals surface area contributed by atoms with Gasteiger partial charge in [-0.05, 0) is 17.3 Å². The lowest BCUT2D eigenvalue weighted by molar-refractivity contribution is -0.0375. The molecule has 1 rings (SSSR count). The zero-order valence-corrected chi connectivity index (χ0v) is 10.0. The van der Waals surface area contributed by atoms with Gasteiger partial charge in [0.15, 0.2) is 0 Å². The number of ether oxygens (including phenoxy) is 1. The summed E-state index contributed by atoms with van der Waals surface area (Å²) in [5.41, 5.74) is 1.02. The quantitative estimate of drug-likeness (QED) is 0.560. The van der Waals surface area contributed by atoms with E-state index in [2.05, 4.69) is 41.5 Å². The summed E-state index contributed by atoms with van der Waals surface area (Å²) in [4.78, 5) is 0. The second-order valence-electron chi connectivity index (χ2n) is 6.38. The average molecular weight is 184 g/mol. The van der Waals surface area contributed by atoms with Gasteiger partial charge in [-0.2, -0.15) is 0 Å². The van der Waals surface area contributed by atoms with Crippen molar-refractivity contribution in [1.82, 2.24) is 0 Å². The van der Waals surface area contributed by atoms with Crippen molar-refractivity contribution >= 4 is 0 Å². The standard InChI is InChI=1S/C12H24O/c1-10(2,3)12(11(4,5)6)7-8-13-9-12/h7-9H2,1-6H3. The highest BCUT2D eigenvalue weighted by Gasteiger charge is 2.52. The average Bonchev–Trinajstić information content (AvgIpc) is 2.28. The molecule has 1 heteroatoms. The van der Waals surface area contributed by atoms with Gasteiger partial charge in [0.25, 0.3) is 0 Å². The molecule has 1 saturated heterocycles. The summed E-state index contributed by atoms with van der Waals surface area (Å²) < 4.78 is 5.61. The van der Waals surface area contributed by atoms with Gasteiger partial charge in [0, 0.05) is 12.0 Å². The van der Waals surface area contributed by atoms with Crippen molar-refractivity contribution in [2.75, 3.05) is 13.2 Å². The summed E-state index contributed by atoms with van der Waals surface area (Å²) in [6, 6.07) is 0. The maximum Gasteiger partial charge on any atom is 0.0533 e. The van der Waals surface area contributed by atoms with E-state index in [0.29, 0.717) is 16.2 Å². The highest BCUT2D eigenvalue weighted by atomic mass is 16.5. The van der Waals surface area contributed by atoms with Crippen LogP contribution in [0.4, 0.5) is 0 Å². The van der Waals surface area contributed by atoms with Crippen LogP contribution in [0.25, 0.3) is 0 Å². The van der Waals surface area contributed by atoms with Crippen LogP contribution in [-0.2, 0) is 4.74 Å². The van der Waals surface area contributed by atoms with Crippen molar-refractivity contribution in [2.45, 2.75) is 48.0 Å². The van der Waals surface area contributed by atoms with E-state index in [9.17, 15) is 0 Å². The van der Waals surface area contributed by atoms with Gasteiger partial charge in [-0.15, -0.1) is 0 Å². The fourth-order valence-electron chi connectivity index (χ4n) is 2.87. The largest absolute Gasteiger partial charge is 0.381 e. The van der Waals surface area contributed by atoms with Gasteiger partial charge >= 0.3 is 0 Å². The number of rotatable bonds is 0. The summed E-state index contributed by atoms with van der Waals surface area (Å²) in [6.07, 6.45) is 1.21. The Balaban J connectivity index is 3.02. The third kappa shape index (κ3) is 1.63. The first-order chi connectivity index (χ1) is 5.71. The maximum atomic E-state index is 5.61. The Morgan fingerprint density at radius 2 is 1.38 bits per heavy atom. The molecule has 0 radical (unpaired) electrons. The minimum Gasteiger partial charge on any atom is -0.381 e. The molecule has 0 aromatic carbocycles. The van der Waals surface area contributed by atoms with Crippen molar-refractivity contribution in [1.29, 1.82) is 0 Å². The molecule has 0 saturated carbocycles. The molecule has 0 spiro atoms. The molecule has 0 bridgehead atoms. The lowest BCUT2D eigenvalue weighted by Gasteiger charge is -2.50. The molecule has 0 aliphatic carbocycles. The van der Waals surface area contributed by atoms with Crippen molar-refractivity contribution in [3.8, 4) is 0 Å². The van der Waals surface area contributed by atoms with E-state index >= 15 is 0 Å². The van der Waals surface area contributed by atoms with E-state index < -0.39 is 0 Å². The van der Waals surface area contributed by atoms with Gasteiger partial charge in [0.1, 0.15) is 0 Å². The SMILES string of the molecule is CC(C)(C)C1(C(C)(C)C)CCOC1. The molecule has 1 heterocycles. The van der Waals surface area contributed by atoms with Crippen molar-refractivity contribution in [3.05, 3.63) is 0 Å². The lowest BCUT2D eigenvalue weighted by atomic mass is 9.54. The first-order valence-electron chi connectivity index (χ1n) is 5.28. The van der Waals surface area contributed by atoms with Crippen molar-refractivity contribution in [2.24, 2.45) is 16.2 Å². The number of hydrogen-bond donors (Lipinski definition) is 0. The van der Waals surface area contributed by atoms with E-state index in [1.54, 1.807) is 0 Å². The second kappa shape index (κ2) is 2.98. The van der Waals surface area contributed by atoms with Gasteiger partial charge in [0.2, 0.25) is 0 Å². The molecule has 1 nitrogen and oxygen atoms in total. The van der Waals surface area contributed by atoms with E-state index in [0.717, 1.165) is 13.2 Å². The molecular weight excluding hydrogens is 160 g/mol. The van der Waals surface area contributed by atoms with Crippen molar-refractivity contribution < 1.29 is 4.74 Å². The Bertz CT molecular complexity index is 158. The molecule has 78 valence electrons. The molecule has 0 N–H and O–H groups in total. The van der Waals surface area contributed by atoms with Gasteiger partial charge in [-0.3, -0.25) is 0 Å². The van der Waals surface area contributed by atoms with Gasteiger partial charge < -0.3 is 4.74 Å². The van der Waals surface area contributed by atoms with E-state index in [4.69, 9.17) is 4.74 Å².